The number of halogens is 2. The van der Waals surface area contributed by atoms with E-state index in [0.29, 0.717) is 44.9 Å². The molecular formula is C21H24Cl2N4O3S. The van der Waals surface area contributed by atoms with Gasteiger partial charge in [-0.1, -0.05) is 29.3 Å². The summed E-state index contributed by atoms with van der Waals surface area (Å²) in [5.74, 6) is -0.00423. The first-order valence-corrected chi connectivity index (χ1v) is 12.2. The standard InChI is InChI=1S/C21H24Cl2N4O3S/c1-12-16(10-24)19(15-6-3-13(22)9-17(15)23)20-18(25-12)11-27(21(20)28)8-7-26(2)31(29,30)14-4-5-14/h3,6,9,11,14,28H,4-5,7-8,10,24H2,1-2H3. The maximum Gasteiger partial charge on any atom is 0.216 e. The molecule has 166 valence electrons. The van der Waals surface area contributed by atoms with Gasteiger partial charge in [-0.15, -0.1) is 0 Å². The fourth-order valence-electron chi connectivity index (χ4n) is 3.84. The van der Waals surface area contributed by atoms with Gasteiger partial charge in [-0.2, -0.15) is 0 Å². The summed E-state index contributed by atoms with van der Waals surface area (Å²) in [6.45, 7) is 2.61. The summed E-state index contributed by atoms with van der Waals surface area (Å²) >= 11 is 12.6. The summed E-state index contributed by atoms with van der Waals surface area (Å²) in [6, 6.07) is 5.17. The van der Waals surface area contributed by atoms with Crippen LogP contribution in [0.1, 0.15) is 24.1 Å². The zero-order valence-corrected chi connectivity index (χ0v) is 19.6. The minimum Gasteiger partial charge on any atom is -0.494 e. The van der Waals surface area contributed by atoms with Crippen LogP contribution >= 0.6 is 23.2 Å². The van der Waals surface area contributed by atoms with Crippen LogP contribution in [0.15, 0.2) is 24.4 Å². The molecule has 0 unspecified atom stereocenters. The van der Waals surface area contributed by atoms with Gasteiger partial charge < -0.3 is 15.4 Å². The van der Waals surface area contributed by atoms with Gasteiger partial charge in [0.2, 0.25) is 15.9 Å². The molecule has 0 amide bonds. The van der Waals surface area contributed by atoms with Crippen LogP contribution in [0.5, 0.6) is 5.88 Å². The Hall–Kier alpha value is -1.84. The third-order valence-corrected chi connectivity index (χ3v) is 8.66. The molecular weight excluding hydrogens is 459 g/mol. The number of nitrogens with zero attached hydrogens (tertiary/aromatic N) is 3. The Kier molecular flexibility index (Phi) is 5.95. The Morgan fingerprint density at radius 3 is 2.65 bits per heavy atom. The van der Waals surface area contributed by atoms with Crippen LogP contribution < -0.4 is 5.73 Å². The normalized spacial score (nSPS) is 14.6. The van der Waals surface area contributed by atoms with Crippen molar-refractivity contribution in [2.75, 3.05) is 13.6 Å². The van der Waals surface area contributed by atoms with E-state index < -0.39 is 10.0 Å². The van der Waals surface area contributed by atoms with E-state index in [2.05, 4.69) is 4.98 Å². The van der Waals surface area contributed by atoms with Gasteiger partial charge in [-0.05, 0) is 37.5 Å². The molecule has 10 heteroatoms. The number of hydrogen-bond donors (Lipinski definition) is 2. The number of hydrogen-bond acceptors (Lipinski definition) is 5. The van der Waals surface area contributed by atoms with Crippen molar-refractivity contribution < 1.29 is 13.5 Å². The maximum atomic E-state index is 12.4. The Morgan fingerprint density at radius 2 is 2.03 bits per heavy atom. The largest absolute Gasteiger partial charge is 0.494 e. The van der Waals surface area contributed by atoms with Crippen LogP contribution in [0.25, 0.3) is 22.0 Å². The van der Waals surface area contributed by atoms with Crippen molar-refractivity contribution in [3.8, 4) is 17.0 Å². The lowest BCUT2D eigenvalue weighted by Crippen LogP contribution is -2.32. The smallest absolute Gasteiger partial charge is 0.216 e. The monoisotopic (exact) mass is 482 g/mol. The first-order chi connectivity index (χ1) is 14.6. The van der Waals surface area contributed by atoms with E-state index in [4.69, 9.17) is 28.9 Å². The molecule has 2 heterocycles. The first-order valence-electron chi connectivity index (χ1n) is 9.97. The molecule has 1 aromatic carbocycles. The molecule has 0 atom stereocenters. The Morgan fingerprint density at radius 1 is 1.32 bits per heavy atom. The number of nitrogens with two attached hydrogens (primary N) is 1. The first kappa shape index (κ1) is 22.4. The van der Waals surface area contributed by atoms with Crippen LogP contribution in [0.2, 0.25) is 10.0 Å². The highest BCUT2D eigenvalue weighted by atomic mass is 35.5. The number of aromatic nitrogens is 2. The minimum absolute atomic E-state index is 0.00423. The van der Waals surface area contributed by atoms with E-state index in [1.54, 1.807) is 36.0 Å². The van der Waals surface area contributed by atoms with E-state index in [1.165, 1.54) is 4.31 Å². The maximum absolute atomic E-state index is 12.4. The van der Waals surface area contributed by atoms with Crippen LogP contribution in [0.3, 0.4) is 0 Å². The number of sulfonamides is 1. The molecule has 1 saturated carbocycles. The Labute approximate surface area is 191 Å². The molecule has 2 aromatic heterocycles. The molecule has 0 aliphatic heterocycles. The van der Waals surface area contributed by atoms with E-state index in [0.717, 1.165) is 11.3 Å². The summed E-state index contributed by atoms with van der Waals surface area (Å²) in [5, 5.41) is 12.3. The van der Waals surface area contributed by atoms with E-state index in [9.17, 15) is 13.5 Å². The Bertz CT molecular complexity index is 1270. The highest BCUT2D eigenvalue weighted by molar-refractivity contribution is 7.90. The summed E-state index contributed by atoms with van der Waals surface area (Å²) in [5.41, 5.74) is 9.53. The van der Waals surface area contributed by atoms with Gasteiger partial charge in [0.05, 0.1) is 16.2 Å². The van der Waals surface area contributed by atoms with Crippen molar-refractivity contribution in [3.05, 3.63) is 45.7 Å². The molecule has 0 radical (unpaired) electrons. The summed E-state index contributed by atoms with van der Waals surface area (Å²) in [4.78, 5) is 4.61. The fraction of sp³-hybridized carbons (Fsp3) is 0.381. The van der Waals surface area contributed by atoms with Gasteiger partial charge in [-0.3, -0.25) is 4.98 Å². The number of pyridine rings is 1. The number of fused-ring (bicyclic) bond motifs is 1. The molecule has 31 heavy (non-hydrogen) atoms. The van der Waals surface area contributed by atoms with Gasteiger partial charge in [0.25, 0.3) is 0 Å². The van der Waals surface area contributed by atoms with Crippen LogP contribution in [0.4, 0.5) is 0 Å². The van der Waals surface area contributed by atoms with Crippen molar-refractivity contribution in [2.45, 2.75) is 38.1 Å². The lowest BCUT2D eigenvalue weighted by Gasteiger charge is -2.17. The van der Waals surface area contributed by atoms with Crippen LogP contribution in [-0.4, -0.2) is 46.2 Å². The highest BCUT2D eigenvalue weighted by Crippen LogP contribution is 2.42. The molecule has 3 aromatic rings. The number of rotatable bonds is 7. The van der Waals surface area contributed by atoms with Crippen molar-refractivity contribution in [1.82, 2.24) is 13.9 Å². The molecule has 4 rings (SSSR count). The number of likely N-dealkylation sites (N-methyl/N-ethyl adjacent to an activating group) is 1. The summed E-state index contributed by atoms with van der Waals surface area (Å²) in [7, 11) is -1.71. The van der Waals surface area contributed by atoms with Gasteiger partial charge >= 0.3 is 0 Å². The summed E-state index contributed by atoms with van der Waals surface area (Å²) < 4.78 is 27.8. The lowest BCUT2D eigenvalue weighted by atomic mass is 9.95. The zero-order chi connectivity index (χ0) is 22.5. The second kappa shape index (κ2) is 8.26. The fourth-order valence-corrected chi connectivity index (χ4v) is 5.92. The van der Waals surface area contributed by atoms with E-state index >= 15 is 0 Å². The number of aromatic hydroxyl groups is 1. The van der Waals surface area contributed by atoms with Gasteiger partial charge in [0.1, 0.15) is 0 Å². The van der Waals surface area contributed by atoms with Crippen LogP contribution in [0, 0.1) is 6.92 Å². The molecule has 3 N–H and O–H groups in total. The van der Waals surface area contributed by atoms with Crippen molar-refractivity contribution >= 4 is 44.1 Å². The third-order valence-electron chi connectivity index (χ3n) is 5.75. The molecule has 1 fully saturated rings. The SMILES string of the molecule is Cc1nc2cn(CCN(C)S(=O)(=O)C3CC3)c(O)c2c(-c2ccc(Cl)cc2Cl)c1CN. The average Bonchev–Trinajstić information content (AvgIpc) is 3.52. The van der Waals surface area contributed by atoms with E-state index in [-0.39, 0.29) is 30.8 Å². The van der Waals surface area contributed by atoms with E-state index in [1.807, 2.05) is 6.92 Å². The topological polar surface area (TPSA) is 101 Å². The molecule has 7 nitrogen and oxygen atoms in total. The predicted octanol–water partition coefficient (Wildman–Crippen LogP) is 3.91. The second-order valence-electron chi connectivity index (χ2n) is 7.85. The average molecular weight is 483 g/mol. The second-order valence-corrected chi connectivity index (χ2v) is 11.0. The predicted molar refractivity (Wildman–Crippen MR) is 124 cm³/mol. The number of aryl methyl sites for hydroxylation is 1. The van der Waals surface area contributed by atoms with Gasteiger partial charge in [0.15, 0.2) is 0 Å². The Balaban J connectivity index is 1.79. The number of benzene rings is 1. The van der Waals surface area contributed by atoms with Crippen molar-refractivity contribution in [2.24, 2.45) is 5.73 Å². The molecule has 0 spiro atoms. The minimum atomic E-state index is -3.28. The molecule has 1 aliphatic rings. The van der Waals surface area contributed by atoms with Crippen LogP contribution in [-0.2, 0) is 23.1 Å². The van der Waals surface area contributed by atoms with Gasteiger partial charge in [-0.25, -0.2) is 12.7 Å². The molecule has 0 saturated heterocycles. The lowest BCUT2D eigenvalue weighted by molar-refractivity contribution is 0.394. The van der Waals surface area contributed by atoms with Crippen molar-refractivity contribution in [3.63, 3.8) is 0 Å². The van der Waals surface area contributed by atoms with Crippen molar-refractivity contribution in [1.29, 1.82) is 0 Å². The highest BCUT2D eigenvalue weighted by Gasteiger charge is 2.38. The molecule has 1 aliphatic carbocycles. The third kappa shape index (κ3) is 4.03. The molecule has 0 bridgehead atoms. The quantitative estimate of drug-likeness (QED) is 0.531. The van der Waals surface area contributed by atoms with Gasteiger partial charge in [0, 0.05) is 59.7 Å². The zero-order valence-electron chi connectivity index (χ0n) is 17.3. The summed E-state index contributed by atoms with van der Waals surface area (Å²) in [6.07, 6.45) is 3.14.